The Bertz CT molecular complexity index is 715. The molecule has 19 heavy (non-hydrogen) atoms. The Hall–Kier alpha value is -2.52. The zero-order chi connectivity index (χ0) is 13.8. The molecular weight excluding hydrogens is 246 g/mol. The van der Waals surface area contributed by atoms with E-state index in [-0.39, 0.29) is 6.61 Å². The quantitative estimate of drug-likeness (QED) is 0.653. The first-order valence-electron chi connectivity index (χ1n) is 5.72. The SMILES string of the molecule is CC(c1cccc(C#CCO)c1)n1c(=O)[nH][nH]c1=O. The van der Waals surface area contributed by atoms with E-state index >= 15 is 0 Å². The van der Waals surface area contributed by atoms with Gasteiger partial charge in [-0.2, -0.15) is 0 Å². The summed E-state index contributed by atoms with van der Waals surface area (Å²) in [6.45, 7) is 1.54. The Labute approximate surface area is 108 Å². The highest BCUT2D eigenvalue weighted by Gasteiger charge is 2.13. The summed E-state index contributed by atoms with van der Waals surface area (Å²) in [5.41, 5.74) is 0.545. The maximum absolute atomic E-state index is 11.5. The van der Waals surface area contributed by atoms with Crippen molar-refractivity contribution in [2.75, 3.05) is 6.61 Å². The fourth-order valence-electron chi connectivity index (χ4n) is 1.84. The van der Waals surface area contributed by atoms with Crippen LogP contribution in [-0.4, -0.2) is 26.5 Å². The van der Waals surface area contributed by atoms with Crippen molar-refractivity contribution < 1.29 is 5.11 Å². The van der Waals surface area contributed by atoms with Gasteiger partial charge >= 0.3 is 11.4 Å². The summed E-state index contributed by atoms with van der Waals surface area (Å²) >= 11 is 0. The first-order chi connectivity index (χ1) is 9.13. The number of aromatic nitrogens is 3. The lowest BCUT2D eigenvalue weighted by molar-refractivity contribution is 0.350. The van der Waals surface area contributed by atoms with Gasteiger partial charge in [0.2, 0.25) is 0 Å². The highest BCUT2D eigenvalue weighted by molar-refractivity contribution is 5.38. The monoisotopic (exact) mass is 259 g/mol. The van der Waals surface area contributed by atoms with Crippen molar-refractivity contribution >= 4 is 0 Å². The molecule has 1 aromatic heterocycles. The van der Waals surface area contributed by atoms with Gasteiger partial charge in [-0.3, -0.25) is 0 Å². The number of H-pyrrole nitrogens is 2. The number of hydrogen-bond acceptors (Lipinski definition) is 3. The molecule has 0 fully saturated rings. The van der Waals surface area contributed by atoms with E-state index in [9.17, 15) is 9.59 Å². The molecule has 0 spiro atoms. The van der Waals surface area contributed by atoms with Crippen molar-refractivity contribution in [2.24, 2.45) is 0 Å². The van der Waals surface area contributed by atoms with Crippen LogP contribution in [0.5, 0.6) is 0 Å². The Kier molecular flexibility index (Phi) is 3.68. The van der Waals surface area contributed by atoms with Crippen LogP contribution < -0.4 is 11.4 Å². The predicted octanol–water partition coefficient (Wildman–Crippen LogP) is -0.182. The molecule has 1 aromatic carbocycles. The molecule has 1 unspecified atom stereocenters. The van der Waals surface area contributed by atoms with E-state index in [0.29, 0.717) is 0 Å². The molecule has 0 saturated carbocycles. The lowest BCUT2D eigenvalue weighted by atomic mass is 10.1. The molecule has 0 amide bonds. The van der Waals surface area contributed by atoms with Crippen LogP contribution in [0.15, 0.2) is 33.9 Å². The van der Waals surface area contributed by atoms with Crippen molar-refractivity contribution in [3.63, 3.8) is 0 Å². The standard InChI is InChI=1S/C13H13N3O3/c1-9(16-12(18)14-15-13(16)19)11-6-2-4-10(8-11)5-3-7-17/h2,4,6,8-9,17H,7H2,1H3,(H,14,18)(H,15,19). The van der Waals surface area contributed by atoms with Crippen molar-refractivity contribution in [2.45, 2.75) is 13.0 Å². The molecule has 6 nitrogen and oxygen atoms in total. The van der Waals surface area contributed by atoms with E-state index in [0.717, 1.165) is 15.7 Å². The van der Waals surface area contributed by atoms with Gasteiger partial charge in [0.15, 0.2) is 0 Å². The number of aliphatic hydroxyl groups is 1. The summed E-state index contributed by atoms with van der Waals surface area (Å²) in [4.78, 5) is 23.1. The van der Waals surface area contributed by atoms with Crippen molar-refractivity contribution in [3.8, 4) is 11.8 Å². The summed E-state index contributed by atoms with van der Waals surface area (Å²) in [7, 11) is 0. The first-order valence-corrected chi connectivity index (χ1v) is 5.72. The molecule has 0 aliphatic rings. The third-order valence-electron chi connectivity index (χ3n) is 2.78. The highest BCUT2D eigenvalue weighted by atomic mass is 16.2. The predicted molar refractivity (Wildman–Crippen MR) is 69.9 cm³/mol. The maximum Gasteiger partial charge on any atom is 0.344 e. The van der Waals surface area contributed by atoms with E-state index < -0.39 is 17.4 Å². The second kappa shape index (κ2) is 5.42. The zero-order valence-corrected chi connectivity index (χ0v) is 10.3. The van der Waals surface area contributed by atoms with Crippen molar-refractivity contribution in [1.82, 2.24) is 14.8 Å². The zero-order valence-electron chi connectivity index (χ0n) is 10.3. The molecule has 1 atom stereocenters. The summed E-state index contributed by atoms with van der Waals surface area (Å²) < 4.78 is 1.10. The summed E-state index contributed by atoms with van der Waals surface area (Å²) in [6.07, 6.45) is 0. The Morgan fingerprint density at radius 2 is 2.00 bits per heavy atom. The Morgan fingerprint density at radius 1 is 1.32 bits per heavy atom. The van der Waals surface area contributed by atoms with Gasteiger partial charge in [0.1, 0.15) is 6.61 Å². The third kappa shape index (κ3) is 2.67. The number of aromatic amines is 2. The molecule has 2 rings (SSSR count). The van der Waals surface area contributed by atoms with E-state index in [2.05, 4.69) is 22.0 Å². The Morgan fingerprint density at radius 3 is 2.63 bits per heavy atom. The van der Waals surface area contributed by atoms with Crippen LogP contribution in [0.25, 0.3) is 0 Å². The van der Waals surface area contributed by atoms with Crippen LogP contribution in [0.2, 0.25) is 0 Å². The number of benzene rings is 1. The van der Waals surface area contributed by atoms with Crippen LogP contribution in [-0.2, 0) is 0 Å². The molecular formula is C13H13N3O3. The fourth-order valence-corrected chi connectivity index (χ4v) is 1.84. The molecule has 0 bridgehead atoms. The number of hydrogen-bond donors (Lipinski definition) is 3. The van der Waals surface area contributed by atoms with Crippen LogP contribution in [0.4, 0.5) is 0 Å². The second-order valence-electron chi connectivity index (χ2n) is 3.99. The number of nitrogens with one attached hydrogen (secondary N) is 2. The Balaban J connectivity index is 2.42. The van der Waals surface area contributed by atoms with Crippen LogP contribution in [0, 0.1) is 11.8 Å². The van der Waals surface area contributed by atoms with Gasteiger partial charge in [0, 0.05) is 5.56 Å². The number of nitrogens with zero attached hydrogens (tertiary/aromatic N) is 1. The normalized spacial score (nSPS) is 11.7. The lowest BCUT2D eigenvalue weighted by Gasteiger charge is -2.11. The number of aliphatic hydroxyl groups excluding tert-OH is 1. The molecule has 6 heteroatoms. The molecule has 98 valence electrons. The summed E-state index contributed by atoms with van der Waals surface area (Å²) in [5.74, 6) is 5.33. The van der Waals surface area contributed by atoms with Crippen LogP contribution >= 0.6 is 0 Å². The third-order valence-corrected chi connectivity index (χ3v) is 2.78. The highest BCUT2D eigenvalue weighted by Crippen LogP contribution is 2.15. The van der Waals surface area contributed by atoms with Crippen LogP contribution in [0.3, 0.4) is 0 Å². The van der Waals surface area contributed by atoms with Gasteiger partial charge in [0.05, 0.1) is 6.04 Å². The summed E-state index contributed by atoms with van der Waals surface area (Å²) in [6, 6.07) is 6.78. The smallest absolute Gasteiger partial charge is 0.344 e. The minimum Gasteiger partial charge on any atom is -0.384 e. The van der Waals surface area contributed by atoms with E-state index in [1.54, 1.807) is 25.1 Å². The van der Waals surface area contributed by atoms with E-state index in [1.165, 1.54) is 0 Å². The van der Waals surface area contributed by atoms with Gasteiger partial charge < -0.3 is 5.11 Å². The van der Waals surface area contributed by atoms with Gasteiger partial charge in [0.25, 0.3) is 0 Å². The fraction of sp³-hybridized carbons (Fsp3) is 0.231. The molecule has 0 aliphatic carbocycles. The first kappa shape index (κ1) is 12.9. The number of rotatable bonds is 2. The van der Waals surface area contributed by atoms with Gasteiger partial charge in [-0.25, -0.2) is 24.4 Å². The van der Waals surface area contributed by atoms with Gasteiger partial charge in [-0.05, 0) is 24.6 Å². The van der Waals surface area contributed by atoms with Crippen LogP contribution in [0.1, 0.15) is 24.1 Å². The minimum atomic E-state index is -0.482. The minimum absolute atomic E-state index is 0.212. The largest absolute Gasteiger partial charge is 0.384 e. The van der Waals surface area contributed by atoms with Gasteiger partial charge in [-0.1, -0.05) is 24.0 Å². The van der Waals surface area contributed by atoms with Gasteiger partial charge in [-0.15, -0.1) is 0 Å². The average molecular weight is 259 g/mol. The maximum atomic E-state index is 11.5. The lowest BCUT2D eigenvalue weighted by Crippen LogP contribution is -2.30. The second-order valence-corrected chi connectivity index (χ2v) is 3.99. The molecule has 0 aliphatic heterocycles. The van der Waals surface area contributed by atoms with Crippen molar-refractivity contribution in [1.29, 1.82) is 0 Å². The summed E-state index contributed by atoms with van der Waals surface area (Å²) in [5, 5.41) is 13.2. The molecule has 2 aromatic rings. The average Bonchev–Trinajstić information content (AvgIpc) is 2.75. The van der Waals surface area contributed by atoms with E-state index in [4.69, 9.17) is 5.11 Å². The van der Waals surface area contributed by atoms with Crippen molar-refractivity contribution in [3.05, 3.63) is 56.4 Å². The molecule has 1 heterocycles. The topological polar surface area (TPSA) is 90.9 Å². The molecule has 3 N–H and O–H groups in total. The molecule has 0 radical (unpaired) electrons. The molecule has 0 saturated heterocycles. The van der Waals surface area contributed by atoms with E-state index in [1.807, 2.05) is 6.07 Å².